The number of rotatable bonds is 9. The normalized spacial score (nSPS) is 22.5. The summed E-state index contributed by atoms with van der Waals surface area (Å²) in [6, 6.07) is 4.55. The van der Waals surface area contributed by atoms with E-state index in [0.717, 1.165) is 25.1 Å². The van der Waals surface area contributed by atoms with Crippen molar-refractivity contribution in [2.24, 2.45) is 0 Å². The van der Waals surface area contributed by atoms with Gasteiger partial charge >= 0.3 is 0 Å². The number of H-pyrrole nitrogens is 1. The zero-order chi connectivity index (χ0) is 27.9. The molecule has 3 N–H and O–H groups in total. The van der Waals surface area contributed by atoms with E-state index in [1.165, 1.54) is 17.0 Å². The third kappa shape index (κ3) is 5.62. The molecule has 3 unspecified atom stereocenters. The minimum absolute atomic E-state index is 0.0705. The summed E-state index contributed by atoms with van der Waals surface area (Å²) in [7, 11) is 0. The van der Waals surface area contributed by atoms with Crippen LogP contribution in [0.25, 0.3) is 10.9 Å². The standard InChI is InChI=1S/C28H32F6N4O/c1-16-9-21-20-4-3-17(30)10-24(20)36-26(21)27(38(16)14-28(33,34)15-39)25-22(31)11-19(12-23(25)32)35-18-5-8-37(13-18)7-2-6-29/h3-4,10-12,16,18,27,35-36,39H,2,5-9,13-15H2,1H3. The van der Waals surface area contributed by atoms with Crippen LogP contribution in [-0.4, -0.2) is 77.4 Å². The van der Waals surface area contributed by atoms with Crippen molar-refractivity contribution in [2.75, 3.05) is 44.8 Å². The highest BCUT2D eigenvalue weighted by molar-refractivity contribution is 5.85. The Bertz CT molecular complexity index is 1310. The number of likely N-dealkylation sites (tertiary alicyclic amines) is 1. The number of aromatic nitrogens is 1. The molecule has 5 nitrogen and oxygen atoms in total. The van der Waals surface area contributed by atoms with Crippen molar-refractivity contribution in [3.05, 3.63) is 64.6 Å². The average Bonchev–Trinajstić information content (AvgIpc) is 3.47. The Morgan fingerprint density at radius 3 is 2.56 bits per heavy atom. The van der Waals surface area contributed by atoms with Crippen molar-refractivity contribution in [2.45, 2.75) is 50.2 Å². The summed E-state index contributed by atoms with van der Waals surface area (Å²) in [6.45, 7) is 0.927. The maximum atomic E-state index is 15.8. The second-order valence-corrected chi connectivity index (χ2v) is 10.7. The molecule has 3 atom stereocenters. The third-order valence-corrected chi connectivity index (χ3v) is 7.82. The molecular weight excluding hydrogens is 522 g/mol. The second-order valence-electron chi connectivity index (χ2n) is 10.7. The number of halogens is 6. The number of hydrogen-bond donors (Lipinski definition) is 3. The number of hydrogen-bond acceptors (Lipinski definition) is 4. The minimum Gasteiger partial charge on any atom is -0.390 e. The number of fused-ring (bicyclic) bond motifs is 3. The van der Waals surface area contributed by atoms with Crippen molar-refractivity contribution in [3.8, 4) is 0 Å². The van der Waals surface area contributed by atoms with Gasteiger partial charge in [0.1, 0.15) is 24.1 Å². The Kier molecular flexibility index (Phi) is 7.85. The molecule has 2 aliphatic rings. The van der Waals surface area contributed by atoms with E-state index >= 15 is 8.78 Å². The van der Waals surface area contributed by atoms with Crippen LogP contribution in [0.15, 0.2) is 30.3 Å². The lowest BCUT2D eigenvalue weighted by Gasteiger charge is -2.42. The van der Waals surface area contributed by atoms with Gasteiger partial charge in [-0.15, -0.1) is 0 Å². The SMILES string of the molecule is CC1Cc2c([nH]c3cc(F)ccc23)C(c2c(F)cc(NC3CCN(CCCF)C3)cc2F)N1CC(F)(F)CO. The Balaban J connectivity index is 1.52. The smallest absolute Gasteiger partial charge is 0.283 e. The van der Waals surface area contributed by atoms with Gasteiger partial charge in [0.05, 0.1) is 19.3 Å². The number of anilines is 1. The highest BCUT2D eigenvalue weighted by Crippen LogP contribution is 2.44. The number of nitrogens with one attached hydrogen (secondary N) is 2. The highest BCUT2D eigenvalue weighted by atomic mass is 19.3. The van der Waals surface area contributed by atoms with E-state index in [2.05, 4.69) is 15.2 Å². The predicted molar refractivity (Wildman–Crippen MR) is 137 cm³/mol. The van der Waals surface area contributed by atoms with Crippen molar-refractivity contribution >= 4 is 16.6 Å². The summed E-state index contributed by atoms with van der Waals surface area (Å²) in [4.78, 5) is 6.41. The van der Waals surface area contributed by atoms with E-state index in [-0.39, 0.29) is 11.7 Å². The number of nitrogens with zero attached hydrogens (tertiary/aromatic N) is 2. The fraction of sp³-hybridized carbons (Fsp3) is 0.500. The molecule has 2 aliphatic heterocycles. The van der Waals surface area contributed by atoms with E-state index < -0.39 is 60.8 Å². The van der Waals surface area contributed by atoms with Crippen LogP contribution in [0.1, 0.15) is 42.6 Å². The molecule has 39 heavy (non-hydrogen) atoms. The van der Waals surface area contributed by atoms with Crippen molar-refractivity contribution in [1.29, 1.82) is 0 Å². The van der Waals surface area contributed by atoms with E-state index in [1.54, 1.807) is 13.0 Å². The van der Waals surface area contributed by atoms with Crippen LogP contribution in [0.4, 0.5) is 32.0 Å². The fourth-order valence-corrected chi connectivity index (χ4v) is 6.01. The van der Waals surface area contributed by atoms with E-state index in [4.69, 9.17) is 0 Å². The third-order valence-electron chi connectivity index (χ3n) is 7.82. The largest absolute Gasteiger partial charge is 0.390 e. The zero-order valence-corrected chi connectivity index (χ0v) is 21.6. The monoisotopic (exact) mass is 554 g/mol. The fourth-order valence-electron chi connectivity index (χ4n) is 6.01. The summed E-state index contributed by atoms with van der Waals surface area (Å²) >= 11 is 0. The molecule has 0 amide bonds. The van der Waals surface area contributed by atoms with Crippen LogP contribution >= 0.6 is 0 Å². The molecule has 0 saturated carbocycles. The van der Waals surface area contributed by atoms with Crippen LogP contribution in [-0.2, 0) is 6.42 Å². The molecule has 1 fully saturated rings. The molecule has 212 valence electrons. The molecule has 11 heteroatoms. The van der Waals surface area contributed by atoms with Crippen LogP contribution < -0.4 is 5.32 Å². The summed E-state index contributed by atoms with van der Waals surface area (Å²) in [5.74, 6) is -5.82. The predicted octanol–water partition coefficient (Wildman–Crippen LogP) is 5.39. The topological polar surface area (TPSA) is 54.5 Å². The van der Waals surface area contributed by atoms with Crippen molar-refractivity contribution < 1.29 is 31.4 Å². The maximum Gasteiger partial charge on any atom is 0.283 e. The second kappa shape index (κ2) is 11.0. The summed E-state index contributed by atoms with van der Waals surface area (Å²) in [5, 5.41) is 13.1. The van der Waals surface area contributed by atoms with Gasteiger partial charge < -0.3 is 20.3 Å². The first-order valence-electron chi connectivity index (χ1n) is 13.2. The number of alkyl halides is 3. The molecule has 3 aromatic rings. The summed E-state index contributed by atoms with van der Waals surface area (Å²) < 4.78 is 86.9. The zero-order valence-electron chi connectivity index (χ0n) is 21.6. The molecule has 0 spiro atoms. The lowest BCUT2D eigenvalue weighted by Crippen LogP contribution is -2.49. The van der Waals surface area contributed by atoms with Crippen LogP contribution in [0.2, 0.25) is 0 Å². The number of aliphatic hydroxyl groups is 1. The van der Waals surface area contributed by atoms with E-state index in [1.807, 2.05) is 0 Å². The summed E-state index contributed by atoms with van der Waals surface area (Å²) in [6.07, 6.45) is 1.46. The molecule has 3 heterocycles. The summed E-state index contributed by atoms with van der Waals surface area (Å²) in [5.41, 5.74) is 1.24. The van der Waals surface area contributed by atoms with Crippen molar-refractivity contribution in [1.82, 2.24) is 14.8 Å². The Morgan fingerprint density at radius 1 is 1.13 bits per heavy atom. The van der Waals surface area contributed by atoms with Gasteiger partial charge in [-0.25, -0.2) is 22.0 Å². The van der Waals surface area contributed by atoms with Gasteiger partial charge in [0.2, 0.25) is 0 Å². The van der Waals surface area contributed by atoms with E-state index in [0.29, 0.717) is 48.1 Å². The van der Waals surface area contributed by atoms with Crippen LogP contribution in [0.5, 0.6) is 0 Å². The maximum absolute atomic E-state index is 15.8. The van der Waals surface area contributed by atoms with Crippen molar-refractivity contribution in [3.63, 3.8) is 0 Å². The molecular formula is C28H32F6N4O. The lowest BCUT2D eigenvalue weighted by atomic mass is 9.87. The van der Waals surface area contributed by atoms with E-state index in [9.17, 15) is 22.7 Å². The van der Waals surface area contributed by atoms with Gasteiger partial charge in [-0.05, 0) is 62.1 Å². The Hall–Kier alpha value is -2.76. The molecule has 0 bridgehead atoms. The average molecular weight is 555 g/mol. The molecule has 1 aromatic heterocycles. The van der Waals surface area contributed by atoms with Crippen LogP contribution in [0.3, 0.4) is 0 Å². The molecule has 0 aliphatic carbocycles. The molecule has 0 radical (unpaired) electrons. The number of aromatic amines is 1. The minimum atomic E-state index is -3.51. The van der Waals surface area contributed by atoms with Crippen LogP contribution in [0, 0.1) is 17.5 Å². The lowest BCUT2D eigenvalue weighted by molar-refractivity contribution is -0.0869. The first-order chi connectivity index (χ1) is 18.6. The quantitative estimate of drug-likeness (QED) is 0.311. The Labute approximate surface area is 222 Å². The van der Waals surface area contributed by atoms with Gasteiger partial charge in [0, 0.05) is 59.6 Å². The first kappa shape index (κ1) is 27.8. The van der Waals surface area contributed by atoms with Gasteiger partial charge in [-0.2, -0.15) is 0 Å². The van der Waals surface area contributed by atoms with Gasteiger partial charge in [0.25, 0.3) is 5.92 Å². The first-order valence-corrected chi connectivity index (χ1v) is 13.2. The highest BCUT2D eigenvalue weighted by Gasteiger charge is 2.43. The van der Waals surface area contributed by atoms with Gasteiger partial charge in [-0.3, -0.25) is 9.29 Å². The van der Waals surface area contributed by atoms with Gasteiger partial charge in [-0.1, -0.05) is 0 Å². The number of benzene rings is 2. The number of aliphatic hydroxyl groups excluding tert-OH is 1. The molecule has 1 saturated heterocycles. The molecule has 2 aromatic carbocycles. The van der Waals surface area contributed by atoms with Gasteiger partial charge in [0.15, 0.2) is 0 Å². The molecule has 5 rings (SSSR count). The Morgan fingerprint density at radius 2 is 1.87 bits per heavy atom.